The Hall–Kier alpha value is -2.50. The second-order valence-corrected chi connectivity index (χ2v) is 7.80. The lowest BCUT2D eigenvalue weighted by Gasteiger charge is -2.38. The number of hydrogen-bond acceptors (Lipinski definition) is 3. The Morgan fingerprint density at radius 3 is 2.46 bits per heavy atom. The molecule has 1 aliphatic heterocycles. The lowest BCUT2D eigenvalue weighted by Crippen LogP contribution is -2.45. The number of aromatic nitrogens is 1. The second-order valence-electron chi connectivity index (χ2n) is 7.37. The minimum atomic E-state index is -0.927. The average Bonchev–Trinajstić information content (AvgIpc) is 3.04. The van der Waals surface area contributed by atoms with E-state index in [0.717, 1.165) is 22.2 Å². The van der Waals surface area contributed by atoms with Gasteiger partial charge in [-0.3, -0.25) is 4.79 Å². The first-order chi connectivity index (χ1) is 13.4. The van der Waals surface area contributed by atoms with Crippen LogP contribution in [0.4, 0.5) is 0 Å². The van der Waals surface area contributed by atoms with E-state index in [1.807, 2.05) is 53.0 Å². The first kappa shape index (κ1) is 18.8. The topological polar surface area (TPSA) is 54.7 Å². The number of carbonyl (C=O) groups excluding carboxylic acids is 1. The molecule has 1 aromatic heterocycles. The summed E-state index contributed by atoms with van der Waals surface area (Å²) in [5, 5.41) is 12.6. The summed E-state index contributed by atoms with van der Waals surface area (Å²) < 4.78 is 7.27. The number of ether oxygens (including phenoxy) is 1. The van der Waals surface area contributed by atoms with Gasteiger partial charge in [-0.2, -0.15) is 0 Å². The van der Waals surface area contributed by atoms with Crippen LogP contribution in [0.2, 0.25) is 5.02 Å². The molecule has 0 unspecified atom stereocenters. The van der Waals surface area contributed by atoms with Gasteiger partial charge in [-0.05, 0) is 48.7 Å². The minimum Gasteiger partial charge on any atom is -0.497 e. The number of benzene rings is 2. The third-order valence-electron chi connectivity index (χ3n) is 5.69. The molecular formula is C22H23ClN2O3. The van der Waals surface area contributed by atoms with E-state index in [-0.39, 0.29) is 5.91 Å². The lowest BCUT2D eigenvalue weighted by atomic mass is 9.84. The highest BCUT2D eigenvalue weighted by Crippen LogP contribution is 2.34. The Kier molecular flexibility index (Phi) is 4.81. The average molecular weight is 399 g/mol. The van der Waals surface area contributed by atoms with Crippen molar-refractivity contribution in [3.05, 3.63) is 64.8 Å². The molecule has 1 N–H and O–H groups in total. The molecule has 2 aromatic carbocycles. The van der Waals surface area contributed by atoms with E-state index < -0.39 is 5.60 Å². The summed E-state index contributed by atoms with van der Waals surface area (Å²) in [6.07, 6.45) is 2.86. The third-order valence-corrected chi connectivity index (χ3v) is 5.94. The Morgan fingerprint density at radius 2 is 1.82 bits per heavy atom. The van der Waals surface area contributed by atoms with Gasteiger partial charge in [0.2, 0.25) is 0 Å². The first-order valence-electron chi connectivity index (χ1n) is 9.32. The molecule has 0 saturated carbocycles. The van der Waals surface area contributed by atoms with E-state index in [2.05, 4.69) is 0 Å². The zero-order valence-electron chi connectivity index (χ0n) is 16.0. The molecule has 5 nitrogen and oxygen atoms in total. The second kappa shape index (κ2) is 7.15. The monoisotopic (exact) mass is 398 g/mol. The molecule has 4 rings (SSSR count). The number of carbonyl (C=O) groups is 1. The fraction of sp³-hybridized carbons (Fsp3) is 0.318. The number of aryl methyl sites for hydroxylation is 1. The van der Waals surface area contributed by atoms with Crippen LogP contribution < -0.4 is 4.74 Å². The zero-order chi connectivity index (χ0) is 19.9. The van der Waals surface area contributed by atoms with Gasteiger partial charge in [-0.15, -0.1) is 0 Å². The number of halogens is 1. The van der Waals surface area contributed by atoms with Crippen molar-refractivity contribution in [3.63, 3.8) is 0 Å². The van der Waals surface area contributed by atoms with Crippen molar-refractivity contribution < 1.29 is 14.6 Å². The molecule has 1 aliphatic rings. The van der Waals surface area contributed by atoms with Crippen molar-refractivity contribution >= 4 is 28.4 Å². The quantitative estimate of drug-likeness (QED) is 0.726. The molecule has 3 aromatic rings. The largest absolute Gasteiger partial charge is 0.497 e. The zero-order valence-corrected chi connectivity index (χ0v) is 16.7. The third kappa shape index (κ3) is 3.25. The van der Waals surface area contributed by atoms with Crippen molar-refractivity contribution in [2.45, 2.75) is 18.4 Å². The van der Waals surface area contributed by atoms with Crippen LogP contribution in [-0.2, 0) is 12.6 Å². The van der Waals surface area contributed by atoms with Crippen molar-refractivity contribution in [1.82, 2.24) is 9.47 Å². The van der Waals surface area contributed by atoms with Gasteiger partial charge in [0.1, 0.15) is 5.75 Å². The number of rotatable bonds is 3. The van der Waals surface area contributed by atoms with Gasteiger partial charge in [0.25, 0.3) is 5.91 Å². The Balaban J connectivity index is 1.56. The maximum atomic E-state index is 13.2. The summed E-state index contributed by atoms with van der Waals surface area (Å²) in [6.45, 7) is 0.997. The number of amides is 1. The maximum Gasteiger partial charge on any atom is 0.256 e. The number of aliphatic hydroxyl groups is 1. The number of nitrogens with zero attached hydrogens (tertiary/aromatic N) is 2. The number of hydrogen-bond donors (Lipinski definition) is 1. The van der Waals surface area contributed by atoms with E-state index in [9.17, 15) is 9.90 Å². The van der Waals surface area contributed by atoms with Crippen LogP contribution in [0, 0.1) is 0 Å². The van der Waals surface area contributed by atoms with Gasteiger partial charge >= 0.3 is 0 Å². The van der Waals surface area contributed by atoms with Crippen molar-refractivity contribution in [2.75, 3.05) is 20.2 Å². The Morgan fingerprint density at radius 1 is 1.14 bits per heavy atom. The van der Waals surface area contributed by atoms with Crippen molar-refractivity contribution in [1.29, 1.82) is 0 Å². The minimum absolute atomic E-state index is 0.0167. The van der Waals surface area contributed by atoms with Crippen LogP contribution in [0.1, 0.15) is 28.8 Å². The van der Waals surface area contributed by atoms with Crippen molar-refractivity contribution in [2.24, 2.45) is 7.05 Å². The van der Waals surface area contributed by atoms with E-state index >= 15 is 0 Å². The molecule has 1 fully saturated rings. The molecular weight excluding hydrogens is 376 g/mol. The molecule has 1 amide bonds. The normalized spacial score (nSPS) is 16.4. The smallest absolute Gasteiger partial charge is 0.256 e. The SMILES string of the molecule is COc1ccc2c(c1)c(C(=O)N1CCC(O)(c3ccc(Cl)cc3)CC1)cn2C. The predicted molar refractivity (Wildman–Crippen MR) is 110 cm³/mol. The van der Waals surface area contributed by atoms with Crippen LogP contribution in [0.3, 0.4) is 0 Å². The van der Waals surface area contributed by atoms with Gasteiger partial charge in [-0.25, -0.2) is 0 Å². The summed E-state index contributed by atoms with van der Waals surface area (Å²) >= 11 is 5.95. The highest BCUT2D eigenvalue weighted by atomic mass is 35.5. The summed E-state index contributed by atoms with van der Waals surface area (Å²) in [6, 6.07) is 13.0. The van der Waals surface area contributed by atoms with Crippen LogP contribution in [0.25, 0.3) is 10.9 Å². The molecule has 0 aliphatic carbocycles. The number of methoxy groups -OCH3 is 1. The summed E-state index contributed by atoms with van der Waals surface area (Å²) in [4.78, 5) is 15.0. The van der Waals surface area contributed by atoms with Gasteiger partial charge in [0.05, 0.1) is 18.3 Å². The number of fused-ring (bicyclic) bond motifs is 1. The number of likely N-dealkylation sites (tertiary alicyclic amines) is 1. The van der Waals surface area contributed by atoms with Crippen LogP contribution in [0.15, 0.2) is 48.7 Å². The summed E-state index contributed by atoms with van der Waals surface area (Å²) in [5.41, 5.74) is 1.56. The van der Waals surface area contributed by atoms with E-state index in [1.54, 1.807) is 19.2 Å². The molecule has 0 bridgehead atoms. The molecule has 0 atom stereocenters. The molecule has 0 spiro atoms. The fourth-order valence-corrected chi connectivity index (χ4v) is 4.09. The van der Waals surface area contributed by atoms with Gasteiger partial charge in [0, 0.05) is 42.3 Å². The summed E-state index contributed by atoms with van der Waals surface area (Å²) in [5.74, 6) is 0.709. The molecule has 28 heavy (non-hydrogen) atoms. The van der Waals surface area contributed by atoms with Crippen molar-refractivity contribution in [3.8, 4) is 5.75 Å². The van der Waals surface area contributed by atoms with Crippen LogP contribution in [-0.4, -0.2) is 40.7 Å². The predicted octanol–water partition coefficient (Wildman–Crippen LogP) is 3.96. The van der Waals surface area contributed by atoms with E-state index in [0.29, 0.717) is 36.5 Å². The van der Waals surface area contributed by atoms with Gasteiger partial charge < -0.3 is 19.3 Å². The summed E-state index contributed by atoms with van der Waals surface area (Å²) in [7, 11) is 3.55. The Bertz CT molecular complexity index is 1020. The Labute approximate surface area is 169 Å². The van der Waals surface area contributed by atoms with E-state index in [1.165, 1.54) is 0 Å². The van der Waals surface area contributed by atoms with Gasteiger partial charge in [-0.1, -0.05) is 23.7 Å². The molecule has 146 valence electrons. The van der Waals surface area contributed by atoms with Crippen LogP contribution in [0.5, 0.6) is 5.75 Å². The first-order valence-corrected chi connectivity index (χ1v) is 9.70. The highest BCUT2D eigenvalue weighted by molar-refractivity contribution is 6.30. The lowest BCUT2D eigenvalue weighted by molar-refractivity contribution is -0.0211. The van der Waals surface area contributed by atoms with Gasteiger partial charge in [0.15, 0.2) is 0 Å². The molecule has 2 heterocycles. The highest BCUT2D eigenvalue weighted by Gasteiger charge is 2.36. The van der Waals surface area contributed by atoms with E-state index in [4.69, 9.17) is 16.3 Å². The standard InChI is InChI=1S/C22H23ClN2O3/c1-24-14-19(18-13-17(28-2)7-8-20(18)24)21(26)25-11-9-22(27,10-12-25)15-3-5-16(23)6-4-15/h3-8,13-14,27H,9-12H2,1-2H3. The van der Waals surface area contributed by atoms with Crippen LogP contribution >= 0.6 is 11.6 Å². The molecule has 0 radical (unpaired) electrons. The molecule has 6 heteroatoms. The number of piperidine rings is 1. The maximum absolute atomic E-state index is 13.2. The molecule has 1 saturated heterocycles. The fourth-order valence-electron chi connectivity index (χ4n) is 3.97.